The fraction of sp³-hybridized carbons (Fsp3) is 0.417. The minimum atomic E-state index is -0.384. The average Bonchev–Trinajstić information content (AvgIpc) is 2.80. The van der Waals surface area contributed by atoms with Crippen LogP contribution in [0.15, 0.2) is 18.2 Å². The molecule has 0 bridgehead atoms. The summed E-state index contributed by atoms with van der Waals surface area (Å²) in [5.74, 6) is -0.883. The van der Waals surface area contributed by atoms with Gasteiger partial charge in [0.05, 0.1) is 5.56 Å². The van der Waals surface area contributed by atoms with E-state index >= 15 is 0 Å². The highest BCUT2D eigenvalue weighted by Crippen LogP contribution is 2.30. The zero-order valence-electron chi connectivity index (χ0n) is 9.33. The van der Waals surface area contributed by atoms with Crippen LogP contribution < -0.4 is 0 Å². The minimum Gasteiger partial charge on any atom is -0.504 e. The maximum atomic E-state index is 12.1. The molecule has 1 aromatic rings. The van der Waals surface area contributed by atoms with Crippen molar-refractivity contribution in [2.75, 3.05) is 19.7 Å². The predicted octanol–water partition coefficient (Wildman–Crippen LogP) is 0.552. The first kappa shape index (κ1) is 11.7. The number of benzene rings is 1. The van der Waals surface area contributed by atoms with Gasteiger partial charge in [-0.25, -0.2) is 0 Å². The molecule has 1 saturated heterocycles. The molecule has 2 rings (SSSR count). The van der Waals surface area contributed by atoms with Crippen LogP contribution in [0.5, 0.6) is 11.5 Å². The topological polar surface area (TPSA) is 81.0 Å². The van der Waals surface area contributed by atoms with Gasteiger partial charge < -0.3 is 20.2 Å². The summed E-state index contributed by atoms with van der Waals surface area (Å²) in [5.41, 5.74) is 0.101. The Morgan fingerprint density at radius 2 is 2.18 bits per heavy atom. The maximum Gasteiger partial charge on any atom is 0.257 e. The summed E-state index contributed by atoms with van der Waals surface area (Å²) >= 11 is 0. The van der Waals surface area contributed by atoms with Crippen LogP contribution in [0.3, 0.4) is 0 Å². The molecule has 0 radical (unpaired) electrons. The van der Waals surface area contributed by atoms with Crippen LogP contribution in [0.1, 0.15) is 16.8 Å². The monoisotopic (exact) mass is 237 g/mol. The number of carbonyl (C=O) groups is 1. The van der Waals surface area contributed by atoms with E-state index in [0.717, 1.165) is 6.42 Å². The maximum absolute atomic E-state index is 12.1. The van der Waals surface area contributed by atoms with E-state index in [4.69, 9.17) is 5.11 Å². The fourth-order valence-corrected chi connectivity index (χ4v) is 2.04. The summed E-state index contributed by atoms with van der Waals surface area (Å²) in [6, 6.07) is 4.32. The number of amides is 1. The number of aromatic hydroxyl groups is 2. The van der Waals surface area contributed by atoms with Crippen molar-refractivity contribution in [2.45, 2.75) is 6.42 Å². The van der Waals surface area contributed by atoms with E-state index in [0.29, 0.717) is 13.1 Å². The lowest BCUT2D eigenvalue weighted by atomic mass is 10.1. The van der Waals surface area contributed by atoms with Crippen LogP contribution in [0.4, 0.5) is 0 Å². The molecule has 0 saturated carbocycles. The smallest absolute Gasteiger partial charge is 0.257 e. The zero-order valence-corrected chi connectivity index (χ0v) is 9.33. The van der Waals surface area contributed by atoms with Gasteiger partial charge >= 0.3 is 0 Å². The Morgan fingerprint density at radius 1 is 1.41 bits per heavy atom. The highest BCUT2D eigenvalue weighted by atomic mass is 16.3. The number of aliphatic hydroxyl groups is 1. The SMILES string of the molecule is O=C(c1cccc(O)c1O)N1CCC(CO)C1. The second-order valence-electron chi connectivity index (χ2n) is 4.26. The molecule has 5 nitrogen and oxygen atoms in total. The molecule has 1 aliphatic rings. The summed E-state index contributed by atoms with van der Waals surface area (Å²) in [5, 5.41) is 27.9. The second kappa shape index (κ2) is 4.63. The number of aliphatic hydroxyl groups excluding tert-OH is 1. The van der Waals surface area contributed by atoms with Crippen LogP contribution in [-0.4, -0.2) is 45.8 Å². The Balaban J connectivity index is 2.18. The van der Waals surface area contributed by atoms with E-state index in [1.165, 1.54) is 18.2 Å². The third-order valence-corrected chi connectivity index (χ3v) is 3.08. The quantitative estimate of drug-likeness (QED) is 0.656. The molecule has 92 valence electrons. The Kier molecular flexibility index (Phi) is 3.19. The number of rotatable bonds is 2. The van der Waals surface area contributed by atoms with Gasteiger partial charge in [0.2, 0.25) is 0 Å². The van der Waals surface area contributed by atoms with Crippen molar-refractivity contribution < 1.29 is 20.1 Å². The Hall–Kier alpha value is -1.75. The number of phenols is 2. The number of phenolic OH excluding ortho intramolecular Hbond substituents is 2. The van der Waals surface area contributed by atoms with Crippen LogP contribution in [-0.2, 0) is 0 Å². The number of carbonyl (C=O) groups excluding carboxylic acids is 1. The number of para-hydroxylation sites is 1. The molecular formula is C12H15NO4. The van der Waals surface area contributed by atoms with Gasteiger partial charge in [-0.05, 0) is 18.6 Å². The average molecular weight is 237 g/mol. The molecule has 1 heterocycles. The molecular weight excluding hydrogens is 222 g/mol. The fourth-order valence-electron chi connectivity index (χ4n) is 2.04. The lowest BCUT2D eigenvalue weighted by molar-refractivity contribution is 0.0778. The first-order valence-corrected chi connectivity index (χ1v) is 5.54. The van der Waals surface area contributed by atoms with Gasteiger partial charge in [-0.2, -0.15) is 0 Å². The molecule has 17 heavy (non-hydrogen) atoms. The molecule has 1 unspecified atom stereocenters. The first-order chi connectivity index (χ1) is 8.13. The molecule has 1 amide bonds. The number of hydrogen-bond acceptors (Lipinski definition) is 4. The summed E-state index contributed by atoms with van der Waals surface area (Å²) in [7, 11) is 0. The Bertz CT molecular complexity index is 433. The largest absolute Gasteiger partial charge is 0.504 e. The summed E-state index contributed by atoms with van der Waals surface area (Å²) in [6.45, 7) is 1.12. The molecule has 0 aliphatic carbocycles. The van der Waals surface area contributed by atoms with Gasteiger partial charge in [-0.3, -0.25) is 4.79 Å². The van der Waals surface area contributed by atoms with Crippen molar-refractivity contribution in [2.24, 2.45) is 5.92 Å². The van der Waals surface area contributed by atoms with Gasteiger partial charge in [-0.1, -0.05) is 6.07 Å². The van der Waals surface area contributed by atoms with Crippen molar-refractivity contribution in [3.63, 3.8) is 0 Å². The third-order valence-electron chi connectivity index (χ3n) is 3.08. The van der Waals surface area contributed by atoms with E-state index < -0.39 is 0 Å². The van der Waals surface area contributed by atoms with E-state index in [1.54, 1.807) is 4.90 Å². The second-order valence-corrected chi connectivity index (χ2v) is 4.26. The normalized spacial score (nSPS) is 19.6. The van der Waals surface area contributed by atoms with Crippen LogP contribution in [0.25, 0.3) is 0 Å². The molecule has 3 N–H and O–H groups in total. The summed E-state index contributed by atoms with van der Waals surface area (Å²) in [4.78, 5) is 13.6. The molecule has 1 fully saturated rings. The van der Waals surface area contributed by atoms with E-state index in [9.17, 15) is 15.0 Å². The van der Waals surface area contributed by atoms with Crippen LogP contribution >= 0.6 is 0 Å². The highest BCUT2D eigenvalue weighted by Gasteiger charge is 2.28. The molecule has 1 aromatic carbocycles. The van der Waals surface area contributed by atoms with Gasteiger partial charge in [0.15, 0.2) is 11.5 Å². The molecule has 0 spiro atoms. The van der Waals surface area contributed by atoms with Gasteiger partial charge in [0.1, 0.15) is 0 Å². The highest BCUT2D eigenvalue weighted by molar-refractivity contribution is 5.97. The molecule has 0 aromatic heterocycles. The zero-order chi connectivity index (χ0) is 12.4. The van der Waals surface area contributed by atoms with Gasteiger partial charge in [0.25, 0.3) is 5.91 Å². The lowest BCUT2D eigenvalue weighted by Gasteiger charge is -2.17. The van der Waals surface area contributed by atoms with Crippen molar-refractivity contribution in [3.8, 4) is 11.5 Å². The Morgan fingerprint density at radius 3 is 2.82 bits per heavy atom. The van der Waals surface area contributed by atoms with Crippen LogP contribution in [0, 0.1) is 5.92 Å². The van der Waals surface area contributed by atoms with E-state index in [1.807, 2.05) is 0 Å². The standard InChI is InChI=1S/C12H15NO4/c14-7-8-4-5-13(6-8)12(17)9-2-1-3-10(15)11(9)16/h1-3,8,14-16H,4-7H2. The van der Waals surface area contributed by atoms with E-state index in [-0.39, 0.29) is 35.5 Å². The molecule has 1 atom stereocenters. The van der Waals surface area contributed by atoms with E-state index in [2.05, 4.69) is 0 Å². The van der Waals surface area contributed by atoms with Gasteiger partial charge in [-0.15, -0.1) is 0 Å². The first-order valence-electron chi connectivity index (χ1n) is 5.54. The predicted molar refractivity (Wildman–Crippen MR) is 60.9 cm³/mol. The van der Waals surface area contributed by atoms with Crippen LogP contribution in [0.2, 0.25) is 0 Å². The molecule has 1 aliphatic heterocycles. The summed E-state index contributed by atoms with van der Waals surface area (Å²) in [6.07, 6.45) is 0.766. The van der Waals surface area contributed by atoms with Crippen molar-refractivity contribution in [1.82, 2.24) is 4.90 Å². The Labute approximate surface area is 98.9 Å². The number of likely N-dealkylation sites (tertiary alicyclic amines) is 1. The molecule has 5 heteroatoms. The van der Waals surface area contributed by atoms with Crippen molar-refractivity contribution in [1.29, 1.82) is 0 Å². The third kappa shape index (κ3) is 2.19. The summed E-state index contributed by atoms with van der Waals surface area (Å²) < 4.78 is 0. The number of nitrogens with zero attached hydrogens (tertiary/aromatic N) is 1. The van der Waals surface area contributed by atoms with Crippen molar-refractivity contribution >= 4 is 5.91 Å². The number of hydrogen-bond donors (Lipinski definition) is 3. The minimum absolute atomic E-state index is 0.0653. The van der Waals surface area contributed by atoms with Crippen molar-refractivity contribution in [3.05, 3.63) is 23.8 Å². The van der Waals surface area contributed by atoms with Gasteiger partial charge in [0, 0.05) is 25.6 Å². The lowest BCUT2D eigenvalue weighted by Crippen LogP contribution is -2.29.